The molecular weight excluding hydrogens is 250 g/mol. The van der Waals surface area contributed by atoms with Gasteiger partial charge in [-0.25, -0.2) is 0 Å². The van der Waals surface area contributed by atoms with Crippen LogP contribution in [0.2, 0.25) is 0 Å². The van der Waals surface area contributed by atoms with Crippen molar-refractivity contribution in [3.8, 4) is 0 Å². The van der Waals surface area contributed by atoms with Crippen molar-refractivity contribution in [3.05, 3.63) is 0 Å². The third kappa shape index (κ3) is 4.58. The summed E-state index contributed by atoms with van der Waals surface area (Å²) < 4.78 is 5.22. The molecule has 1 rings (SSSR count). The van der Waals surface area contributed by atoms with E-state index < -0.39 is 0 Å². The van der Waals surface area contributed by atoms with Gasteiger partial charge in [0.05, 0.1) is 13.5 Å². The van der Waals surface area contributed by atoms with Gasteiger partial charge in [-0.15, -0.1) is 10.2 Å². The van der Waals surface area contributed by atoms with Crippen LogP contribution in [-0.2, 0) is 14.3 Å². The highest BCUT2D eigenvalue weighted by Crippen LogP contribution is 2.25. The van der Waals surface area contributed by atoms with Crippen molar-refractivity contribution in [2.45, 2.75) is 17.7 Å². The number of hydrogen-bond donors (Lipinski definition) is 1. The molecule has 8 heteroatoms. The van der Waals surface area contributed by atoms with E-state index in [-0.39, 0.29) is 11.9 Å². The lowest BCUT2D eigenvalue weighted by molar-refractivity contribution is -0.140. The fourth-order valence-electron chi connectivity index (χ4n) is 0.793. The normalized spacial score (nSPS) is 9.88. The number of carbonyl (C=O) groups is 2. The van der Waals surface area contributed by atoms with Gasteiger partial charge >= 0.3 is 5.97 Å². The van der Waals surface area contributed by atoms with Gasteiger partial charge in [-0.2, -0.15) is 0 Å². The summed E-state index contributed by atoms with van der Waals surface area (Å²) in [5.74, 6) is 0.155. The van der Waals surface area contributed by atoms with Crippen LogP contribution in [0.15, 0.2) is 4.34 Å². The zero-order valence-electron chi connectivity index (χ0n) is 8.85. The van der Waals surface area contributed by atoms with Crippen LogP contribution in [0.5, 0.6) is 0 Å². The maximum absolute atomic E-state index is 10.8. The minimum Gasteiger partial charge on any atom is -0.469 e. The molecular formula is C8H11N3O3S2. The number of esters is 1. The lowest BCUT2D eigenvalue weighted by Gasteiger charge is -1.96. The van der Waals surface area contributed by atoms with Gasteiger partial charge in [0, 0.05) is 12.7 Å². The van der Waals surface area contributed by atoms with E-state index >= 15 is 0 Å². The van der Waals surface area contributed by atoms with Crippen molar-refractivity contribution >= 4 is 40.1 Å². The lowest BCUT2D eigenvalue weighted by Crippen LogP contribution is -2.04. The summed E-state index contributed by atoms with van der Waals surface area (Å²) in [5.41, 5.74) is 0. The van der Waals surface area contributed by atoms with E-state index in [2.05, 4.69) is 20.3 Å². The van der Waals surface area contributed by atoms with E-state index in [0.717, 1.165) is 0 Å². The second-order valence-electron chi connectivity index (χ2n) is 2.73. The third-order valence-electron chi connectivity index (χ3n) is 1.45. The Bertz CT molecular complexity index is 380. The van der Waals surface area contributed by atoms with Crippen LogP contribution in [-0.4, -0.2) is 34.9 Å². The molecule has 1 N–H and O–H groups in total. The van der Waals surface area contributed by atoms with E-state index in [0.29, 0.717) is 21.6 Å². The van der Waals surface area contributed by atoms with Crippen molar-refractivity contribution in [3.63, 3.8) is 0 Å². The maximum Gasteiger partial charge on any atom is 0.306 e. The highest BCUT2D eigenvalue weighted by Gasteiger charge is 2.07. The van der Waals surface area contributed by atoms with Gasteiger partial charge in [-0.3, -0.25) is 9.59 Å². The Morgan fingerprint density at radius 3 is 2.88 bits per heavy atom. The van der Waals surface area contributed by atoms with Crippen LogP contribution >= 0.6 is 23.1 Å². The molecule has 88 valence electrons. The van der Waals surface area contributed by atoms with Crippen molar-refractivity contribution in [1.82, 2.24) is 10.2 Å². The smallest absolute Gasteiger partial charge is 0.306 e. The van der Waals surface area contributed by atoms with Crippen molar-refractivity contribution in [2.75, 3.05) is 18.2 Å². The highest BCUT2D eigenvalue weighted by atomic mass is 32.2. The number of aromatic nitrogens is 2. The van der Waals surface area contributed by atoms with Gasteiger partial charge < -0.3 is 10.1 Å². The van der Waals surface area contributed by atoms with Crippen LogP contribution in [0, 0.1) is 0 Å². The minimum atomic E-state index is -0.251. The summed E-state index contributed by atoms with van der Waals surface area (Å²) in [6.07, 6.45) is 0.330. The molecule has 6 nitrogen and oxygen atoms in total. The second-order valence-corrected chi connectivity index (χ2v) is 5.05. The van der Waals surface area contributed by atoms with Gasteiger partial charge in [-0.1, -0.05) is 23.1 Å². The molecule has 0 atom stereocenters. The Kier molecular flexibility index (Phi) is 5.20. The van der Waals surface area contributed by atoms with Crippen LogP contribution in [0.4, 0.5) is 5.13 Å². The van der Waals surface area contributed by atoms with Crippen LogP contribution < -0.4 is 5.32 Å². The van der Waals surface area contributed by atoms with E-state index in [1.807, 2.05) is 0 Å². The Balaban J connectivity index is 2.34. The Morgan fingerprint density at radius 1 is 1.50 bits per heavy atom. The van der Waals surface area contributed by atoms with Crippen LogP contribution in [0.1, 0.15) is 13.3 Å². The van der Waals surface area contributed by atoms with Crippen LogP contribution in [0.3, 0.4) is 0 Å². The first-order chi connectivity index (χ1) is 7.61. The zero-order valence-corrected chi connectivity index (χ0v) is 10.5. The first kappa shape index (κ1) is 12.9. The molecule has 0 aromatic carbocycles. The molecule has 0 bridgehead atoms. The SMILES string of the molecule is COC(=O)CCSc1nnc(NC(C)=O)s1. The molecule has 1 aromatic rings. The number of nitrogens with one attached hydrogen (secondary N) is 1. The van der Waals surface area contributed by atoms with E-state index in [4.69, 9.17) is 0 Å². The number of amides is 1. The summed E-state index contributed by atoms with van der Waals surface area (Å²) in [7, 11) is 1.35. The first-order valence-electron chi connectivity index (χ1n) is 4.42. The molecule has 1 heterocycles. The number of anilines is 1. The quantitative estimate of drug-likeness (QED) is 0.486. The molecule has 0 fully saturated rings. The molecule has 0 saturated heterocycles. The molecule has 1 aromatic heterocycles. The van der Waals surface area contributed by atoms with Crippen molar-refractivity contribution in [1.29, 1.82) is 0 Å². The number of thioether (sulfide) groups is 1. The van der Waals surface area contributed by atoms with Gasteiger partial charge in [0.25, 0.3) is 0 Å². The molecule has 0 radical (unpaired) electrons. The van der Waals surface area contributed by atoms with Gasteiger partial charge in [0.15, 0.2) is 4.34 Å². The number of hydrogen-bond acceptors (Lipinski definition) is 7. The fraction of sp³-hybridized carbons (Fsp3) is 0.500. The average Bonchev–Trinajstić information content (AvgIpc) is 2.64. The molecule has 0 saturated carbocycles. The third-order valence-corrected chi connectivity index (χ3v) is 3.42. The summed E-state index contributed by atoms with van der Waals surface area (Å²) in [6, 6.07) is 0. The molecule has 1 amide bonds. The summed E-state index contributed by atoms with van der Waals surface area (Å²) in [4.78, 5) is 21.6. The lowest BCUT2D eigenvalue weighted by atomic mass is 10.5. The minimum absolute atomic E-state index is 0.178. The molecule has 0 aliphatic heterocycles. The fourth-order valence-corrected chi connectivity index (χ4v) is 2.58. The van der Waals surface area contributed by atoms with Crippen LogP contribution in [0.25, 0.3) is 0 Å². The Labute approximate surface area is 101 Å². The summed E-state index contributed by atoms with van der Waals surface area (Å²) in [5, 5.41) is 10.6. The average molecular weight is 261 g/mol. The molecule has 0 aliphatic rings. The van der Waals surface area contributed by atoms with Gasteiger partial charge in [0.1, 0.15) is 0 Å². The Hall–Kier alpha value is -1.15. The summed E-state index contributed by atoms with van der Waals surface area (Å²) in [6.45, 7) is 1.41. The van der Waals surface area contributed by atoms with Gasteiger partial charge in [-0.05, 0) is 0 Å². The second kappa shape index (κ2) is 6.44. The topological polar surface area (TPSA) is 81.2 Å². The number of methoxy groups -OCH3 is 1. The zero-order chi connectivity index (χ0) is 12.0. The standard InChI is InChI=1S/C8H11N3O3S2/c1-5(12)9-7-10-11-8(16-7)15-4-3-6(13)14-2/h3-4H2,1-2H3,(H,9,10,12). The number of nitrogens with zero attached hydrogens (tertiary/aromatic N) is 2. The maximum atomic E-state index is 10.8. The van der Waals surface area contributed by atoms with E-state index in [1.54, 1.807) is 0 Å². The number of ether oxygens (including phenoxy) is 1. The molecule has 16 heavy (non-hydrogen) atoms. The highest BCUT2D eigenvalue weighted by molar-refractivity contribution is 8.01. The monoisotopic (exact) mass is 261 g/mol. The number of carbonyl (C=O) groups excluding carboxylic acids is 2. The van der Waals surface area contributed by atoms with E-state index in [1.165, 1.54) is 37.1 Å². The molecule has 0 spiro atoms. The first-order valence-corrected chi connectivity index (χ1v) is 6.22. The predicted molar refractivity (Wildman–Crippen MR) is 61.6 cm³/mol. The largest absolute Gasteiger partial charge is 0.469 e. The Morgan fingerprint density at radius 2 is 2.25 bits per heavy atom. The summed E-state index contributed by atoms with van der Waals surface area (Å²) >= 11 is 2.68. The molecule has 0 aliphatic carbocycles. The van der Waals surface area contributed by atoms with Gasteiger partial charge in [0.2, 0.25) is 11.0 Å². The van der Waals surface area contributed by atoms with E-state index in [9.17, 15) is 9.59 Å². The number of rotatable bonds is 5. The van der Waals surface area contributed by atoms with Crippen molar-refractivity contribution in [2.24, 2.45) is 0 Å². The van der Waals surface area contributed by atoms with Crippen molar-refractivity contribution < 1.29 is 14.3 Å². The molecule has 0 unspecified atom stereocenters. The predicted octanol–water partition coefficient (Wildman–Crippen LogP) is 1.15.